The van der Waals surface area contributed by atoms with E-state index in [9.17, 15) is 4.79 Å². The first kappa shape index (κ1) is 25.1. The number of amides is 2. The van der Waals surface area contributed by atoms with Gasteiger partial charge in [0.15, 0.2) is 0 Å². The van der Waals surface area contributed by atoms with Gasteiger partial charge in [-0.05, 0) is 48.6 Å². The average molecular weight is 505 g/mol. The van der Waals surface area contributed by atoms with Crippen LogP contribution in [-0.4, -0.2) is 61.7 Å². The Kier molecular flexibility index (Phi) is 8.95. The number of anilines is 1. The molecule has 2 N–H and O–H groups in total. The number of carbonyl (C=O) groups excluding carboxylic acids is 1. The van der Waals surface area contributed by atoms with Gasteiger partial charge in [-0.25, -0.2) is 4.79 Å². The van der Waals surface area contributed by atoms with Crippen molar-refractivity contribution in [3.05, 3.63) is 58.1 Å². The molecule has 34 heavy (non-hydrogen) atoms. The molecule has 1 heterocycles. The number of rotatable bonds is 7. The highest BCUT2D eigenvalue weighted by Gasteiger charge is 2.29. The Labute approximate surface area is 212 Å². The third-order valence-corrected chi connectivity index (χ3v) is 7.64. The second-order valence-corrected chi connectivity index (χ2v) is 10.1. The topological polar surface area (TPSA) is 56.8 Å². The lowest BCUT2D eigenvalue weighted by atomic mass is 9.84. The quantitative estimate of drug-likeness (QED) is 0.522. The molecule has 1 aliphatic heterocycles. The summed E-state index contributed by atoms with van der Waals surface area (Å²) in [4.78, 5) is 17.7. The van der Waals surface area contributed by atoms with Crippen LogP contribution < -0.4 is 15.4 Å². The lowest BCUT2D eigenvalue weighted by molar-refractivity contribution is 0.0969. The Morgan fingerprint density at radius 3 is 2.53 bits per heavy atom. The van der Waals surface area contributed by atoms with E-state index in [0.29, 0.717) is 16.0 Å². The molecule has 1 saturated heterocycles. The molecule has 2 amide bonds. The van der Waals surface area contributed by atoms with E-state index < -0.39 is 0 Å². The second kappa shape index (κ2) is 12.1. The highest BCUT2D eigenvalue weighted by atomic mass is 35.5. The largest absolute Gasteiger partial charge is 0.497 e. The van der Waals surface area contributed by atoms with Gasteiger partial charge in [-0.1, -0.05) is 48.2 Å². The predicted octanol–water partition coefficient (Wildman–Crippen LogP) is 5.50. The molecule has 2 aromatic rings. The number of nitrogens with zero attached hydrogens (tertiary/aromatic N) is 2. The molecular formula is C26H34Cl2N4O2. The molecule has 0 bridgehead atoms. The molecule has 4 rings (SSSR count). The predicted molar refractivity (Wildman–Crippen MR) is 139 cm³/mol. The molecule has 0 radical (unpaired) electrons. The first-order valence-electron chi connectivity index (χ1n) is 12.1. The summed E-state index contributed by atoms with van der Waals surface area (Å²) in [6.07, 6.45) is 4.59. The zero-order valence-electron chi connectivity index (χ0n) is 19.7. The highest BCUT2D eigenvalue weighted by Crippen LogP contribution is 2.27. The zero-order valence-corrected chi connectivity index (χ0v) is 21.2. The minimum Gasteiger partial charge on any atom is -0.497 e. The summed E-state index contributed by atoms with van der Waals surface area (Å²) in [5.41, 5.74) is 1.93. The summed E-state index contributed by atoms with van der Waals surface area (Å²) < 4.78 is 5.25. The second-order valence-electron chi connectivity index (χ2n) is 9.31. The van der Waals surface area contributed by atoms with E-state index in [1.807, 2.05) is 36.4 Å². The highest BCUT2D eigenvalue weighted by molar-refractivity contribution is 6.42. The molecule has 0 aromatic heterocycles. The minimum absolute atomic E-state index is 0.142. The SMILES string of the molecule is COc1cccc(NC(=O)NC2CCCCC2CN2CCN(Cc3ccc(Cl)c(Cl)c3)CC2)c1. The number of hydrogen-bond donors (Lipinski definition) is 2. The van der Waals surface area contributed by atoms with Gasteiger partial charge in [-0.2, -0.15) is 0 Å². The Bertz CT molecular complexity index is 966. The number of halogens is 2. The number of piperazine rings is 1. The van der Waals surface area contributed by atoms with E-state index in [1.165, 1.54) is 12.0 Å². The van der Waals surface area contributed by atoms with Gasteiger partial charge >= 0.3 is 6.03 Å². The van der Waals surface area contributed by atoms with Gasteiger partial charge in [0.25, 0.3) is 0 Å². The lowest BCUT2D eigenvalue weighted by Crippen LogP contribution is -2.51. The Morgan fingerprint density at radius 1 is 1.00 bits per heavy atom. The van der Waals surface area contributed by atoms with Crippen LogP contribution in [0, 0.1) is 5.92 Å². The number of nitrogens with one attached hydrogen (secondary N) is 2. The third kappa shape index (κ3) is 7.01. The van der Waals surface area contributed by atoms with Gasteiger partial charge in [0.2, 0.25) is 0 Å². The molecule has 184 valence electrons. The fourth-order valence-electron chi connectivity index (χ4n) is 5.01. The standard InChI is InChI=1S/C26H34Cl2N4O2/c1-34-22-7-4-6-21(16-22)29-26(33)30-25-8-3-2-5-20(25)18-32-13-11-31(12-14-32)17-19-9-10-23(27)24(28)15-19/h4,6-7,9-10,15-16,20,25H,2-3,5,8,11-14,17-18H2,1H3,(H2,29,30,33). The number of carbonyl (C=O) groups is 1. The number of benzene rings is 2. The van der Waals surface area contributed by atoms with Crippen LogP contribution in [-0.2, 0) is 6.54 Å². The van der Waals surface area contributed by atoms with Crippen molar-refractivity contribution in [2.75, 3.05) is 45.2 Å². The van der Waals surface area contributed by atoms with Gasteiger partial charge in [-0.15, -0.1) is 0 Å². The van der Waals surface area contributed by atoms with E-state index in [4.69, 9.17) is 27.9 Å². The summed E-state index contributed by atoms with van der Waals surface area (Å²) in [5.74, 6) is 1.21. The summed E-state index contributed by atoms with van der Waals surface area (Å²) in [5, 5.41) is 7.42. The van der Waals surface area contributed by atoms with E-state index >= 15 is 0 Å². The van der Waals surface area contributed by atoms with Crippen molar-refractivity contribution in [3.63, 3.8) is 0 Å². The van der Waals surface area contributed by atoms with Crippen LogP contribution in [0.4, 0.5) is 10.5 Å². The molecule has 1 aliphatic carbocycles. The number of urea groups is 1. The maximum Gasteiger partial charge on any atom is 0.319 e. The van der Waals surface area contributed by atoms with Crippen molar-refractivity contribution in [3.8, 4) is 5.75 Å². The van der Waals surface area contributed by atoms with Crippen LogP contribution in [0.15, 0.2) is 42.5 Å². The van der Waals surface area contributed by atoms with Crippen molar-refractivity contribution in [1.29, 1.82) is 0 Å². The summed E-state index contributed by atoms with van der Waals surface area (Å²) in [7, 11) is 1.62. The van der Waals surface area contributed by atoms with Gasteiger partial charge in [0.1, 0.15) is 5.75 Å². The number of hydrogen-bond acceptors (Lipinski definition) is 4. The van der Waals surface area contributed by atoms with Crippen molar-refractivity contribution in [1.82, 2.24) is 15.1 Å². The first-order valence-corrected chi connectivity index (χ1v) is 12.9. The van der Waals surface area contributed by atoms with E-state index in [2.05, 4.69) is 26.5 Å². The molecule has 2 unspecified atom stereocenters. The molecule has 1 saturated carbocycles. The van der Waals surface area contributed by atoms with E-state index in [-0.39, 0.29) is 12.1 Å². The smallest absolute Gasteiger partial charge is 0.319 e. The Hall–Kier alpha value is -1.99. The molecule has 6 nitrogen and oxygen atoms in total. The zero-order chi connectivity index (χ0) is 23.9. The van der Waals surface area contributed by atoms with Crippen molar-refractivity contribution >= 4 is 34.9 Å². The molecule has 0 spiro atoms. The van der Waals surface area contributed by atoms with E-state index in [0.717, 1.165) is 70.0 Å². The van der Waals surface area contributed by atoms with Crippen LogP contribution in [0.25, 0.3) is 0 Å². The minimum atomic E-state index is -0.142. The normalized spacial score (nSPS) is 21.7. The van der Waals surface area contributed by atoms with Crippen LogP contribution in [0.3, 0.4) is 0 Å². The van der Waals surface area contributed by atoms with Crippen LogP contribution in [0.2, 0.25) is 10.0 Å². The third-order valence-electron chi connectivity index (χ3n) is 6.90. The van der Waals surface area contributed by atoms with Crippen LogP contribution in [0.1, 0.15) is 31.2 Å². The van der Waals surface area contributed by atoms with Gasteiger partial charge in [-0.3, -0.25) is 4.90 Å². The van der Waals surface area contributed by atoms with Crippen molar-refractivity contribution in [2.24, 2.45) is 5.92 Å². The molecule has 2 aliphatic rings. The fourth-order valence-corrected chi connectivity index (χ4v) is 5.33. The summed E-state index contributed by atoms with van der Waals surface area (Å²) in [6.45, 7) is 6.07. The van der Waals surface area contributed by atoms with Gasteiger partial charge < -0.3 is 20.3 Å². The summed E-state index contributed by atoms with van der Waals surface area (Å²) in [6, 6.07) is 13.4. The average Bonchev–Trinajstić information content (AvgIpc) is 2.84. The molecule has 2 atom stereocenters. The van der Waals surface area contributed by atoms with Crippen LogP contribution >= 0.6 is 23.2 Å². The molecule has 2 aromatic carbocycles. The summed E-state index contributed by atoms with van der Waals surface area (Å²) >= 11 is 12.2. The Balaban J connectivity index is 1.25. The maximum atomic E-state index is 12.7. The Morgan fingerprint density at radius 2 is 1.76 bits per heavy atom. The first-order chi connectivity index (χ1) is 16.5. The molecule has 8 heteroatoms. The maximum absolute atomic E-state index is 12.7. The van der Waals surface area contributed by atoms with E-state index in [1.54, 1.807) is 7.11 Å². The number of ether oxygens (including phenoxy) is 1. The van der Waals surface area contributed by atoms with Crippen LogP contribution in [0.5, 0.6) is 5.75 Å². The van der Waals surface area contributed by atoms with Crippen molar-refractivity contribution in [2.45, 2.75) is 38.3 Å². The van der Waals surface area contributed by atoms with Gasteiger partial charge in [0.05, 0.1) is 17.2 Å². The molecular weight excluding hydrogens is 471 g/mol. The number of methoxy groups -OCH3 is 1. The van der Waals surface area contributed by atoms with Gasteiger partial charge in [0, 0.05) is 57.1 Å². The molecule has 2 fully saturated rings. The lowest BCUT2D eigenvalue weighted by Gasteiger charge is -2.40. The van der Waals surface area contributed by atoms with Crippen molar-refractivity contribution < 1.29 is 9.53 Å². The fraction of sp³-hybridized carbons (Fsp3) is 0.500. The monoisotopic (exact) mass is 504 g/mol.